The number of anilines is 1. The second-order valence-corrected chi connectivity index (χ2v) is 7.76. The number of aromatic nitrogens is 2. The van der Waals surface area contributed by atoms with Gasteiger partial charge in [-0.05, 0) is 50.8 Å². The van der Waals surface area contributed by atoms with Crippen LogP contribution in [-0.2, 0) is 0 Å². The Morgan fingerprint density at radius 3 is 2.46 bits per heavy atom. The normalized spacial score (nSPS) is 19.8. The van der Waals surface area contributed by atoms with Crippen molar-refractivity contribution in [2.45, 2.75) is 64.0 Å². The standard InChI is InChI=1S/C21H30N4O/c1-15-19-14-18(26-2)8-9-20(19)24-21(22-15)25-12-10-17(11-13-25)23-16-6-4-3-5-7-16/h8-9,14,16-17,23H,3-7,10-13H2,1-2H3. The van der Waals surface area contributed by atoms with Crippen LogP contribution in [0.2, 0.25) is 0 Å². The number of fused-ring (bicyclic) bond motifs is 1. The number of aryl methyl sites for hydroxylation is 1. The number of hydrogen-bond acceptors (Lipinski definition) is 5. The van der Waals surface area contributed by atoms with Gasteiger partial charge in [-0.2, -0.15) is 0 Å². The van der Waals surface area contributed by atoms with Crippen LogP contribution in [-0.4, -0.2) is 42.3 Å². The van der Waals surface area contributed by atoms with E-state index in [9.17, 15) is 0 Å². The third-order valence-corrected chi connectivity index (χ3v) is 5.94. The zero-order valence-electron chi connectivity index (χ0n) is 16.0. The first-order chi connectivity index (χ1) is 12.7. The fourth-order valence-electron chi connectivity index (χ4n) is 4.36. The molecule has 0 unspecified atom stereocenters. The largest absolute Gasteiger partial charge is 0.497 e. The molecule has 2 fully saturated rings. The van der Waals surface area contributed by atoms with Crippen LogP contribution in [0.1, 0.15) is 50.6 Å². The molecule has 0 amide bonds. The molecule has 1 aromatic heterocycles. The van der Waals surface area contributed by atoms with E-state index in [0.717, 1.165) is 47.4 Å². The van der Waals surface area contributed by atoms with E-state index in [1.165, 1.54) is 44.9 Å². The average Bonchev–Trinajstić information content (AvgIpc) is 2.69. The maximum atomic E-state index is 5.33. The third kappa shape index (κ3) is 3.78. The van der Waals surface area contributed by atoms with E-state index in [-0.39, 0.29) is 0 Å². The lowest BCUT2D eigenvalue weighted by Crippen LogP contribution is -2.47. The van der Waals surface area contributed by atoms with Crippen molar-refractivity contribution in [3.05, 3.63) is 23.9 Å². The van der Waals surface area contributed by atoms with Gasteiger partial charge in [0, 0.05) is 30.6 Å². The summed E-state index contributed by atoms with van der Waals surface area (Å²) >= 11 is 0. The molecule has 1 saturated heterocycles. The summed E-state index contributed by atoms with van der Waals surface area (Å²) in [6, 6.07) is 7.42. The number of nitrogens with one attached hydrogen (secondary N) is 1. The highest BCUT2D eigenvalue weighted by molar-refractivity contribution is 5.83. The number of nitrogens with zero attached hydrogens (tertiary/aromatic N) is 3. The first-order valence-electron chi connectivity index (χ1n) is 10.1. The molecule has 2 aromatic rings. The number of piperidine rings is 1. The van der Waals surface area contributed by atoms with Crippen LogP contribution in [0.25, 0.3) is 10.9 Å². The summed E-state index contributed by atoms with van der Waals surface area (Å²) in [7, 11) is 1.69. The minimum Gasteiger partial charge on any atom is -0.497 e. The van der Waals surface area contributed by atoms with Crippen molar-refractivity contribution in [3.8, 4) is 5.75 Å². The zero-order valence-corrected chi connectivity index (χ0v) is 16.0. The van der Waals surface area contributed by atoms with Gasteiger partial charge in [-0.3, -0.25) is 0 Å². The van der Waals surface area contributed by atoms with Crippen molar-refractivity contribution in [2.24, 2.45) is 0 Å². The summed E-state index contributed by atoms with van der Waals surface area (Å²) in [5.41, 5.74) is 2.02. The molecule has 1 aliphatic carbocycles. The van der Waals surface area contributed by atoms with Crippen LogP contribution in [0.4, 0.5) is 5.95 Å². The van der Waals surface area contributed by atoms with Crippen molar-refractivity contribution in [1.82, 2.24) is 15.3 Å². The van der Waals surface area contributed by atoms with E-state index in [1.807, 2.05) is 18.2 Å². The van der Waals surface area contributed by atoms with Gasteiger partial charge in [-0.15, -0.1) is 0 Å². The Morgan fingerprint density at radius 2 is 1.73 bits per heavy atom. The molecule has 26 heavy (non-hydrogen) atoms. The van der Waals surface area contributed by atoms with Gasteiger partial charge >= 0.3 is 0 Å². The maximum Gasteiger partial charge on any atom is 0.226 e. The molecule has 1 aliphatic heterocycles. The topological polar surface area (TPSA) is 50.3 Å². The van der Waals surface area contributed by atoms with Crippen LogP contribution in [0.5, 0.6) is 5.75 Å². The van der Waals surface area contributed by atoms with E-state index in [2.05, 4.69) is 17.1 Å². The van der Waals surface area contributed by atoms with E-state index in [1.54, 1.807) is 7.11 Å². The molecule has 5 heteroatoms. The number of hydrogen-bond donors (Lipinski definition) is 1. The Hall–Kier alpha value is -1.88. The van der Waals surface area contributed by atoms with Crippen molar-refractivity contribution in [2.75, 3.05) is 25.1 Å². The molecule has 5 nitrogen and oxygen atoms in total. The van der Waals surface area contributed by atoms with Gasteiger partial charge in [0.05, 0.1) is 18.3 Å². The molecular weight excluding hydrogens is 324 g/mol. The molecule has 0 radical (unpaired) electrons. The van der Waals surface area contributed by atoms with Gasteiger partial charge in [0.1, 0.15) is 5.75 Å². The summed E-state index contributed by atoms with van der Waals surface area (Å²) in [5, 5.41) is 4.97. The van der Waals surface area contributed by atoms with Crippen LogP contribution in [0.15, 0.2) is 18.2 Å². The number of methoxy groups -OCH3 is 1. The molecule has 2 heterocycles. The smallest absolute Gasteiger partial charge is 0.226 e. The SMILES string of the molecule is COc1ccc2nc(N3CCC(NC4CCCCC4)CC3)nc(C)c2c1. The zero-order chi connectivity index (χ0) is 17.9. The van der Waals surface area contributed by atoms with E-state index >= 15 is 0 Å². The molecule has 2 aliphatic rings. The van der Waals surface area contributed by atoms with Crippen molar-refractivity contribution in [3.63, 3.8) is 0 Å². The Kier molecular flexibility index (Phi) is 5.25. The first kappa shape index (κ1) is 17.5. The van der Waals surface area contributed by atoms with Gasteiger partial charge in [0.15, 0.2) is 0 Å². The highest BCUT2D eigenvalue weighted by Crippen LogP contribution is 2.26. The third-order valence-electron chi connectivity index (χ3n) is 5.94. The Morgan fingerprint density at radius 1 is 1.00 bits per heavy atom. The number of benzene rings is 1. The van der Waals surface area contributed by atoms with Crippen LogP contribution in [0, 0.1) is 6.92 Å². The minimum absolute atomic E-state index is 0.653. The molecule has 1 saturated carbocycles. The predicted molar refractivity (Wildman–Crippen MR) is 106 cm³/mol. The minimum atomic E-state index is 0.653. The fraction of sp³-hybridized carbons (Fsp3) is 0.619. The second-order valence-electron chi connectivity index (χ2n) is 7.76. The molecule has 0 spiro atoms. The summed E-state index contributed by atoms with van der Waals surface area (Å²) in [4.78, 5) is 11.9. The Labute approximate surface area is 156 Å². The molecule has 0 atom stereocenters. The molecule has 140 valence electrons. The molecule has 0 bridgehead atoms. The second kappa shape index (κ2) is 7.78. The summed E-state index contributed by atoms with van der Waals surface area (Å²) in [6.45, 7) is 4.13. The quantitative estimate of drug-likeness (QED) is 0.904. The van der Waals surface area contributed by atoms with Gasteiger partial charge < -0.3 is 15.0 Å². The van der Waals surface area contributed by atoms with Crippen LogP contribution in [0.3, 0.4) is 0 Å². The fourth-order valence-corrected chi connectivity index (χ4v) is 4.36. The summed E-state index contributed by atoms with van der Waals surface area (Å²) < 4.78 is 5.33. The lowest BCUT2D eigenvalue weighted by atomic mass is 9.93. The highest BCUT2D eigenvalue weighted by atomic mass is 16.5. The van der Waals surface area contributed by atoms with Gasteiger partial charge in [0.25, 0.3) is 0 Å². The first-order valence-corrected chi connectivity index (χ1v) is 10.1. The molecule has 1 aromatic carbocycles. The Balaban J connectivity index is 1.42. The van der Waals surface area contributed by atoms with Crippen molar-refractivity contribution in [1.29, 1.82) is 0 Å². The summed E-state index contributed by atoms with van der Waals surface area (Å²) in [5.74, 6) is 1.72. The van der Waals surface area contributed by atoms with Gasteiger partial charge in [-0.1, -0.05) is 19.3 Å². The van der Waals surface area contributed by atoms with Crippen molar-refractivity contribution >= 4 is 16.9 Å². The van der Waals surface area contributed by atoms with Gasteiger partial charge in [-0.25, -0.2) is 9.97 Å². The van der Waals surface area contributed by atoms with E-state index in [4.69, 9.17) is 14.7 Å². The number of rotatable bonds is 4. The monoisotopic (exact) mass is 354 g/mol. The van der Waals surface area contributed by atoms with E-state index in [0.29, 0.717) is 6.04 Å². The number of ether oxygens (including phenoxy) is 1. The molecule has 1 N–H and O–H groups in total. The Bertz CT molecular complexity index is 749. The van der Waals surface area contributed by atoms with Crippen LogP contribution < -0.4 is 15.0 Å². The molecular formula is C21H30N4O. The van der Waals surface area contributed by atoms with E-state index < -0.39 is 0 Å². The lowest BCUT2D eigenvalue weighted by molar-refractivity contribution is 0.307. The molecule has 4 rings (SSSR count). The maximum absolute atomic E-state index is 5.33. The van der Waals surface area contributed by atoms with Crippen molar-refractivity contribution < 1.29 is 4.74 Å². The van der Waals surface area contributed by atoms with Crippen LogP contribution >= 0.6 is 0 Å². The average molecular weight is 354 g/mol. The van der Waals surface area contributed by atoms with Gasteiger partial charge in [0.2, 0.25) is 5.95 Å². The predicted octanol–water partition coefficient (Wildman–Crippen LogP) is 3.84. The highest BCUT2D eigenvalue weighted by Gasteiger charge is 2.24. The lowest BCUT2D eigenvalue weighted by Gasteiger charge is -2.35. The summed E-state index contributed by atoms with van der Waals surface area (Å²) in [6.07, 6.45) is 9.28.